The molecule has 2 rings (SSSR count). The Morgan fingerprint density at radius 2 is 2.07 bits per heavy atom. The first kappa shape index (κ1) is 10.3. The van der Waals surface area contributed by atoms with Gasteiger partial charge in [-0.2, -0.15) is 0 Å². The molecule has 1 aliphatic heterocycles. The summed E-state index contributed by atoms with van der Waals surface area (Å²) in [5.74, 6) is 1.96. The Kier molecular flexibility index (Phi) is 2.80. The molecule has 0 unspecified atom stereocenters. The van der Waals surface area contributed by atoms with Crippen molar-refractivity contribution in [2.24, 2.45) is 5.92 Å². The lowest BCUT2D eigenvalue weighted by atomic mass is 9.99. The largest absolute Gasteiger partial charge is 0.397 e. The summed E-state index contributed by atoms with van der Waals surface area (Å²) in [6.45, 7) is 6.65. The van der Waals surface area contributed by atoms with Gasteiger partial charge in [0, 0.05) is 13.1 Å². The lowest BCUT2D eigenvalue weighted by Gasteiger charge is -2.32. The normalized spacial score (nSPS) is 18.1. The van der Waals surface area contributed by atoms with Crippen molar-refractivity contribution in [3.8, 4) is 0 Å². The van der Waals surface area contributed by atoms with Crippen LogP contribution < -0.4 is 10.6 Å². The molecule has 1 aromatic rings. The van der Waals surface area contributed by atoms with Crippen LogP contribution in [0.2, 0.25) is 0 Å². The van der Waals surface area contributed by atoms with E-state index in [0.717, 1.165) is 30.5 Å². The topological polar surface area (TPSA) is 42.1 Å². The smallest absolute Gasteiger partial charge is 0.131 e. The second-order valence-corrected chi connectivity index (χ2v) is 4.58. The van der Waals surface area contributed by atoms with Gasteiger partial charge in [-0.3, -0.25) is 0 Å². The van der Waals surface area contributed by atoms with Crippen LogP contribution in [0.25, 0.3) is 0 Å². The third kappa shape index (κ3) is 2.22. The lowest BCUT2D eigenvalue weighted by molar-refractivity contribution is 0.436. The quantitative estimate of drug-likeness (QED) is 0.764. The van der Waals surface area contributed by atoms with E-state index in [-0.39, 0.29) is 0 Å². The van der Waals surface area contributed by atoms with E-state index < -0.39 is 0 Å². The number of nitrogens with zero attached hydrogens (tertiary/aromatic N) is 2. The molecule has 0 spiro atoms. The van der Waals surface area contributed by atoms with Gasteiger partial charge < -0.3 is 10.6 Å². The van der Waals surface area contributed by atoms with Gasteiger partial charge in [-0.1, -0.05) is 6.92 Å². The molecule has 0 aromatic carbocycles. The van der Waals surface area contributed by atoms with Crippen molar-refractivity contribution in [3.63, 3.8) is 0 Å². The number of pyridine rings is 1. The predicted molar refractivity (Wildman–Crippen MR) is 64.0 cm³/mol. The van der Waals surface area contributed by atoms with E-state index in [1.165, 1.54) is 18.4 Å². The number of hydrogen-bond donors (Lipinski definition) is 1. The van der Waals surface area contributed by atoms with Crippen LogP contribution in [0.15, 0.2) is 12.3 Å². The summed E-state index contributed by atoms with van der Waals surface area (Å²) in [6, 6.07) is 2.00. The van der Waals surface area contributed by atoms with Gasteiger partial charge in [0.1, 0.15) is 5.82 Å². The summed E-state index contributed by atoms with van der Waals surface area (Å²) >= 11 is 0. The number of nitrogen functional groups attached to an aromatic ring is 1. The Morgan fingerprint density at radius 3 is 2.67 bits per heavy atom. The predicted octanol–water partition coefficient (Wildman–Crippen LogP) is 2.21. The molecule has 0 bridgehead atoms. The molecule has 1 fully saturated rings. The molecule has 2 N–H and O–H groups in total. The van der Waals surface area contributed by atoms with E-state index in [2.05, 4.69) is 23.7 Å². The van der Waals surface area contributed by atoms with Gasteiger partial charge in [-0.25, -0.2) is 4.98 Å². The molecule has 1 aliphatic rings. The van der Waals surface area contributed by atoms with E-state index >= 15 is 0 Å². The number of rotatable bonds is 1. The minimum atomic E-state index is 0.752. The number of anilines is 2. The first-order valence-corrected chi connectivity index (χ1v) is 5.64. The highest BCUT2D eigenvalue weighted by molar-refractivity contribution is 5.52. The summed E-state index contributed by atoms with van der Waals surface area (Å²) in [6.07, 6.45) is 4.29. The molecular formula is C12H19N3. The number of hydrogen-bond acceptors (Lipinski definition) is 3. The van der Waals surface area contributed by atoms with Crippen LogP contribution in [0.4, 0.5) is 11.5 Å². The van der Waals surface area contributed by atoms with Crippen molar-refractivity contribution in [3.05, 3.63) is 17.8 Å². The maximum atomic E-state index is 5.70. The Bertz CT molecular complexity index is 341. The molecule has 3 nitrogen and oxygen atoms in total. The van der Waals surface area contributed by atoms with Gasteiger partial charge >= 0.3 is 0 Å². The molecule has 0 amide bonds. The zero-order valence-electron chi connectivity index (χ0n) is 9.53. The molecule has 2 heterocycles. The molecule has 0 saturated carbocycles. The molecule has 0 aliphatic carbocycles. The number of aromatic nitrogens is 1. The van der Waals surface area contributed by atoms with Gasteiger partial charge in [-0.15, -0.1) is 0 Å². The minimum Gasteiger partial charge on any atom is -0.397 e. The van der Waals surface area contributed by atoms with Crippen LogP contribution in [-0.4, -0.2) is 18.1 Å². The van der Waals surface area contributed by atoms with Crippen molar-refractivity contribution in [2.75, 3.05) is 23.7 Å². The number of nitrogens with two attached hydrogens (primary N) is 1. The Morgan fingerprint density at radius 1 is 1.40 bits per heavy atom. The van der Waals surface area contributed by atoms with E-state index in [4.69, 9.17) is 5.73 Å². The zero-order chi connectivity index (χ0) is 10.8. The van der Waals surface area contributed by atoms with Crippen LogP contribution in [0.1, 0.15) is 25.3 Å². The molecule has 3 heteroatoms. The standard InChI is InChI=1S/C12H19N3/c1-9-3-5-15(6-4-9)12-10(2)7-11(13)8-14-12/h7-9H,3-6,13H2,1-2H3. The molecule has 1 saturated heterocycles. The summed E-state index contributed by atoms with van der Waals surface area (Å²) in [7, 11) is 0. The van der Waals surface area contributed by atoms with Crippen molar-refractivity contribution in [2.45, 2.75) is 26.7 Å². The second kappa shape index (κ2) is 4.09. The van der Waals surface area contributed by atoms with Gasteiger partial charge in [0.05, 0.1) is 11.9 Å². The van der Waals surface area contributed by atoms with Gasteiger partial charge in [-0.05, 0) is 37.3 Å². The summed E-state index contributed by atoms with van der Waals surface area (Å²) < 4.78 is 0. The summed E-state index contributed by atoms with van der Waals surface area (Å²) in [4.78, 5) is 6.80. The molecule has 82 valence electrons. The highest BCUT2D eigenvalue weighted by Gasteiger charge is 2.18. The highest BCUT2D eigenvalue weighted by atomic mass is 15.2. The Hall–Kier alpha value is -1.25. The maximum Gasteiger partial charge on any atom is 0.131 e. The molecule has 15 heavy (non-hydrogen) atoms. The maximum absolute atomic E-state index is 5.70. The third-order valence-electron chi connectivity index (χ3n) is 3.15. The minimum absolute atomic E-state index is 0.752. The monoisotopic (exact) mass is 205 g/mol. The van der Waals surface area contributed by atoms with E-state index in [1.807, 2.05) is 6.07 Å². The van der Waals surface area contributed by atoms with E-state index in [0.29, 0.717) is 0 Å². The first-order chi connectivity index (χ1) is 7.16. The number of piperidine rings is 1. The fourth-order valence-electron chi connectivity index (χ4n) is 2.14. The van der Waals surface area contributed by atoms with Crippen molar-refractivity contribution in [1.82, 2.24) is 4.98 Å². The molecule has 1 aromatic heterocycles. The van der Waals surface area contributed by atoms with Crippen LogP contribution in [0, 0.1) is 12.8 Å². The molecule has 0 atom stereocenters. The van der Waals surface area contributed by atoms with E-state index in [1.54, 1.807) is 6.20 Å². The average molecular weight is 205 g/mol. The van der Waals surface area contributed by atoms with Crippen LogP contribution in [0.5, 0.6) is 0 Å². The second-order valence-electron chi connectivity index (χ2n) is 4.58. The lowest BCUT2D eigenvalue weighted by Crippen LogP contribution is -2.33. The van der Waals surface area contributed by atoms with Crippen molar-refractivity contribution < 1.29 is 0 Å². The fourth-order valence-corrected chi connectivity index (χ4v) is 2.14. The van der Waals surface area contributed by atoms with Crippen LogP contribution >= 0.6 is 0 Å². The van der Waals surface area contributed by atoms with Crippen LogP contribution in [0.3, 0.4) is 0 Å². The summed E-state index contributed by atoms with van der Waals surface area (Å²) in [5.41, 5.74) is 7.63. The Labute approximate surface area is 91.3 Å². The zero-order valence-corrected chi connectivity index (χ0v) is 9.53. The number of aryl methyl sites for hydroxylation is 1. The van der Waals surface area contributed by atoms with E-state index in [9.17, 15) is 0 Å². The first-order valence-electron chi connectivity index (χ1n) is 5.64. The van der Waals surface area contributed by atoms with Gasteiger partial charge in [0.25, 0.3) is 0 Å². The molecule has 0 radical (unpaired) electrons. The van der Waals surface area contributed by atoms with Gasteiger partial charge in [0.15, 0.2) is 0 Å². The van der Waals surface area contributed by atoms with Crippen molar-refractivity contribution >= 4 is 11.5 Å². The fraction of sp³-hybridized carbons (Fsp3) is 0.583. The van der Waals surface area contributed by atoms with Crippen LogP contribution in [-0.2, 0) is 0 Å². The molecular weight excluding hydrogens is 186 g/mol. The third-order valence-corrected chi connectivity index (χ3v) is 3.15. The average Bonchev–Trinajstić information content (AvgIpc) is 2.20. The highest BCUT2D eigenvalue weighted by Crippen LogP contribution is 2.24. The SMILES string of the molecule is Cc1cc(N)cnc1N1CCC(C)CC1. The van der Waals surface area contributed by atoms with Crippen molar-refractivity contribution in [1.29, 1.82) is 0 Å². The Balaban J connectivity index is 2.15. The summed E-state index contributed by atoms with van der Waals surface area (Å²) in [5, 5.41) is 0. The van der Waals surface area contributed by atoms with Gasteiger partial charge in [0.2, 0.25) is 0 Å².